The Labute approximate surface area is 205 Å². The molecule has 5 nitrogen and oxygen atoms in total. The number of aryl methyl sites for hydroxylation is 1. The molecule has 2 N–H and O–H groups in total. The minimum Gasteiger partial charge on any atom is -0.481 e. The summed E-state index contributed by atoms with van der Waals surface area (Å²) in [5.74, 6) is -0.0132. The number of hydrogen-bond donors (Lipinski definition) is 2. The fourth-order valence-electron chi connectivity index (χ4n) is 3.87. The molecule has 35 heavy (non-hydrogen) atoms. The van der Waals surface area contributed by atoms with Crippen LogP contribution in [0.3, 0.4) is 0 Å². The highest BCUT2D eigenvalue weighted by Gasteiger charge is 2.17. The van der Waals surface area contributed by atoms with Crippen molar-refractivity contribution < 1.29 is 19.4 Å². The number of rotatable bonds is 9. The fourth-order valence-corrected chi connectivity index (χ4v) is 3.87. The molecular weight excluding hydrogens is 438 g/mol. The maximum absolute atomic E-state index is 13.3. The summed E-state index contributed by atoms with van der Waals surface area (Å²) < 4.78 is 5.90. The highest BCUT2D eigenvalue weighted by atomic mass is 16.5. The van der Waals surface area contributed by atoms with Gasteiger partial charge in [0.05, 0.1) is 6.04 Å². The van der Waals surface area contributed by atoms with E-state index >= 15 is 0 Å². The maximum atomic E-state index is 13.3. The van der Waals surface area contributed by atoms with Gasteiger partial charge in [0, 0.05) is 12.0 Å². The van der Waals surface area contributed by atoms with Crippen molar-refractivity contribution in [3.05, 3.63) is 120 Å². The van der Waals surface area contributed by atoms with Crippen LogP contribution in [0.4, 0.5) is 0 Å². The van der Waals surface area contributed by atoms with Crippen LogP contribution in [0.2, 0.25) is 0 Å². The van der Waals surface area contributed by atoms with E-state index in [4.69, 9.17) is 9.84 Å². The summed E-state index contributed by atoms with van der Waals surface area (Å²) >= 11 is 0. The van der Waals surface area contributed by atoms with Gasteiger partial charge in [0.25, 0.3) is 5.91 Å². The van der Waals surface area contributed by atoms with Crippen molar-refractivity contribution in [2.45, 2.75) is 25.8 Å². The molecule has 0 fully saturated rings. The van der Waals surface area contributed by atoms with Crippen LogP contribution in [-0.4, -0.2) is 17.0 Å². The van der Waals surface area contributed by atoms with E-state index in [2.05, 4.69) is 17.4 Å². The molecule has 0 unspecified atom stereocenters. The van der Waals surface area contributed by atoms with Crippen LogP contribution in [-0.2, 0) is 11.2 Å². The van der Waals surface area contributed by atoms with Gasteiger partial charge in [-0.1, -0.05) is 78.9 Å². The van der Waals surface area contributed by atoms with Crippen molar-refractivity contribution in [1.82, 2.24) is 5.32 Å². The van der Waals surface area contributed by atoms with Gasteiger partial charge in [-0.05, 0) is 59.9 Å². The van der Waals surface area contributed by atoms with E-state index in [0.717, 1.165) is 16.7 Å². The Kier molecular flexibility index (Phi) is 7.58. The molecule has 176 valence electrons. The molecule has 4 rings (SSSR count). The number of carboxylic acid groups (broad SMARTS) is 1. The number of nitrogens with one attached hydrogen (secondary N) is 1. The standard InChI is InChI=1S/C30H27NO4/c1-21(22-12-14-24(15-13-22)23-8-4-2-5-9-23)31-30(34)28-20-27(35-26-10-6-3-7-11-26)18-16-25(28)17-19-29(32)33/h2-16,18,20-21H,17,19H2,1H3,(H,31,34)(H,32,33)/t21-/m1/s1. The molecule has 4 aromatic rings. The lowest BCUT2D eigenvalue weighted by Gasteiger charge is -2.17. The van der Waals surface area contributed by atoms with Crippen LogP contribution >= 0.6 is 0 Å². The zero-order valence-electron chi connectivity index (χ0n) is 19.5. The van der Waals surface area contributed by atoms with Crippen LogP contribution < -0.4 is 10.1 Å². The lowest BCUT2D eigenvalue weighted by atomic mass is 9.99. The van der Waals surface area contributed by atoms with Crippen LogP contribution in [0.1, 0.15) is 40.9 Å². The molecule has 0 spiro atoms. The minimum atomic E-state index is -0.909. The van der Waals surface area contributed by atoms with Gasteiger partial charge in [-0.2, -0.15) is 0 Å². The Morgan fingerprint density at radius 1 is 0.800 bits per heavy atom. The van der Waals surface area contributed by atoms with E-state index in [1.54, 1.807) is 18.2 Å². The first kappa shape index (κ1) is 23.8. The summed E-state index contributed by atoms with van der Waals surface area (Å²) in [4.78, 5) is 24.4. The number of amides is 1. The maximum Gasteiger partial charge on any atom is 0.303 e. The summed E-state index contributed by atoms with van der Waals surface area (Å²) in [5, 5.41) is 12.2. The van der Waals surface area contributed by atoms with Crippen LogP contribution in [0.25, 0.3) is 11.1 Å². The number of aliphatic carboxylic acids is 1. The van der Waals surface area contributed by atoms with Crippen LogP contribution in [0, 0.1) is 0 Å². The van der Waals surface area contributed by atoms with Crippen molar-refractivity contribution in [1.29, 1.82) is 0 Å². The molecule has 0 aliphatic rings. The van der Waals surface area contributed by atoms with Crippen LogP contribution in [0.5, 0.6) is 11.5 Å². The number of carboxylic acids is 1. The quantitative estimate of drug-likeness (QED) is 0.290. The first-order valence-corrected chi connectivity index (χ1v) is 11.5. The Morgan fingerprint density at radius 2 is 1.43 bits per heavy atom. The highest BCUT2D eigenvalue weighted by molar-refractivity contribution is 5.96. The molecular formula is C30H27NO4. The minimum absolute atomic E-state index is 0.0599. The molecule has 5 heteroatoms. The lowest BCUT2D eigenvalue weighted by Crippen LogP contribution is -2.27. The van der Waals surface area contributed by atoms with Gasteiger partial charge in [0.1, 0.15) is 11.5 Å². The molecule has 0 saturated heterocycles. The van der Waals surface area contributed by atoms with Crippen molar-refractivity contribution in [2.75, 3.05) is 0 Å². The van der Waals surface area contributed by atoms with Crippen molar-refractivity contribution >= 4 is 11.9 Å². The van der Waals surface area contributed by atoms with Crippen molar-refractivity contribution in [3.8, 4) is 22.6 Å². The second kappa shape index (κ2) is 11.2. The smallest absolute Gasteiger partial charge is 0.303 e. The van der Waals surface area contributed by atoms with E-state index in [1.165, 1.54) is 0 Å². The first-order valence-electron chi connectivity index (χ1n) is 11.5. The molecule has 0 bridgehead atoms. The van der Waals surface area contributed by atoms with Gasteiger partial charge in [-0.15, -0.1) is 0 Å². The van der Waals surface area contributed by atoms with E-state index in [9.17, 15) is 9.59 Å². The monoisotopic (exact) mass is 465 g/mol. The number of para-hydroxylation sites is 1. The SMILES string of the molecule is C[C@@H](NC(=O)c1cc(Oc2ccccc2)ccc1CCC(=O)O)c1ccc(-c2ccccc2)cc1. The Hall–Kier alpha value is -4.38. The van der Waals surface area contributed by atoms with E-state index in [0.29, 0.717) is 22.6 Å². The zero-order chi connectivity index (χ0) is 24.6. The van der Waals surface area contributed by atoms with E-state index in [-0.39, 0.29) is 24.8 Å². The third-order valence-corrected chi connectivity index (χ3v) is 5.78. The second-order valence-electron chi connectivity index (χ2n) is 8.31. The van der Waals surface area contributed by atoms with E-state index in [1.807, 2.05) is 79.7 Å². The normalized spacial score (nSPS) is 11.5. The molecule has 0 aliphatic carbocycles. The molecule has 1 atom stereocenters. The predicted octanol–water partition coefficient (Wildman–Crippen LogP) is 6.65. The molecule has 0 heterocycles. The number of benzene rings is 4. The average Bonchev–Trinajstić information content (AvgIpc) is 2.89. The average molecular weight is 466 g/mol. The molecule has 0 aliphatic heterocycles. The second-order valence-corrected chi connectivity index (χ2v) is 8.31. The summed E-state index contributed by atoms with van der Waals surface area (Å²) in [6.07, 6.45) is 0.194. The predicted molar refractivity (Wildman–Crippen MR) is 137 cm³/mol. The number of ether oxygens (including phenoxy) is 1. The summed E-state index contributed by atoms with van der Waals surface area (Å²) in [6, 6.07) is 32.5. The molecule has 0 radical (unpaired) electrons. The summed E-state index contributed by atoms with van der Waals surface area (Å²) in [7, 11) is 0. The lowest BCUT2D eigenvalue weighted by molar-refractivity contribution is -0.136. The Morgan fingerprint density at radius 3 is 2.09 bits per heavy atom. The van der Waals surface area contributed by atoms with Gasteiger partial charge in [0.2, 0.25) is 0 Å². The molecule has 0 saturated carbocycles. The zero-order valence-corrected chi connectivity index (χ0v) is 19.5. The van der Waals surface area contributed by atoms with Gasteiger partial charge in [-0.3, -0.25) is 9.59 Å². The van der Waals surface area contributed by atoms with E-state index < -0.39 is 5.97 Å². The summed E-state index contributed by atoms with van der Waals surface area (Å²) in [6.45, 7) is 1.93. The topological polar surface area (TPSA) is 75.6 Å². The highest BCUT2D eigenvalue weighted by Crippen LogP contribution is 2.26. The van der Waals surface area contributed by atoms with Crippen molar-refractivity contribution in [3.63, 3.8) is 0 Å². The van der Waals surface area contributed by atoms with Crippen LogP contribution in [0.15, 0.2) is 103 Å². The number of carbonyl (C=O) groups excluding carboxylic acids is 1. The largest absolute Gasteiger partial charge is 0.481 e. The Bertz CT molecular complexity index is 1290. The van der Waals surface area contributed by atoms with Gasteiger partial charge in [-0.25, -0.2) is 0 Å². The third kappa shape index (κ3) is 6.36. The van der Waals surface area contributed by atoms with Gasteiger partial charge in [0.15, 0.2) is 0 Å². The molecule has 0 aromatic heterocycles. The fraction of sp³-hybridized carbons (Fsp3) is 0.133. The van der Waals surface area contributed by atoms with Crippen molar-refractivity contribution in [2.24, 2.45) is 0 Å². The molecule has 1 amide bonds. The Balaban J connectivity index is 1.53. The molecule has 4 aromatic carbocycles. The van der Waals surface area contributed by atoms with Gasteiger partial charge < -0.3 is 15.2 Å². The number of carbonyl (C=O) groups is 2. The first-order chi connectivity index (χ1) is 17.0. The summed E-state index contributed by atoms with van der Waals surface area (Å²) in [5.41, 5.74) is 4.29. The van der Waals surface area contributed by atoms with Gasteiger partial charge >= 0.3 is 5.97 Å². The number of hydrogen-bond acceptors (Lipinski definition) is 3. The third-order valence-electron chi connectivity index (χ3n) is 5.78.